The van der Waals surface area contributed by atoms with E-state index in [-0.39, 0.29) is 23.0 Å². The van der Waals surface area contributed by atoms with Crippen LogP contribution in [0.3, 0.4) is 0 Å². The Bertz CT molecular complexity index is 1110. The van der Waals surface area contributed by atoms with Crippen molar-refractivity contribution in [3.05, 3.63) is 71.7 Å². The second kappa shape index (κ2) is 9.19. The van der Waals surface area contributed by atoms with Crippen LogP contribution in [0, 0.1) is 5.82 Å². The molecule has 3 N–H and O–H groups in total. The number of likely N-dealkylation sites (N-methyl/N-ethyl adjacent to an activating group) is 1. The van der Waals surface area contributed by atoms with Crippen molar-refractivity contribution in [2.75, 3.05) is 13.6 Å². The first-order valence-electron chi connectivity index (χ1n) is 9.38. The van der Waals surface area contributed by atoms with Gasteiger partial charge in [-0.15, -0.1) is 0 Å². The maximum Gasteiger partial charge on any atom is 0.238 e. The highest BCUT2D eigenvalue weighted by Gasteiger charge is 2.12. The van der Waals surface area contributed by atoms with Crippen LogP contribution in [0.5, 0.6) is 0 Å². The Morgan fingerprint density at radius 3 is 2.43 bits per heavy atom. The summed E-state index contributed by atoms with van der Waals surface area (Å²) in [5, 5.41) is 12.3. The number of aromatic amines is 1. The third-order valence-corrected chi connectivity index (χ3v) is 5.67. The lowest BCUT2D eigenvalue weighted by atomic mass is 10.1. The molecule has 0 saturated heterocycles. The molecule has 1 heterocycles. The van der Waals surface area contributed by atoms with Crippen LogP contribution in [0.25, 0.3) is 11.3 Å². The Labute approximate surface area is 174 Å². The number of amides is 1. The van der Waals surface area contributed by atoms with Crippen molar-refractivity contribution in [2.24, 2.45) is 5.14 Å². The molecule has 30 heavy (non-hydrogen) atoms. The van der Waals surface area contributed by atoms with Gasteiger partial charge in [-0.2, -0.15) is 5.10 Å². The summed E-state index contributed by atoms with van der Waals surface area (Å²) in [4.78, 5) is 14.0. The van der Waals surface area contributed by atoms with Gasteiger partial charge in [0.1, 0.15) is 5.82 Å². The van der Waals surface area contributed by atoms with E-state index in [0.29, 0.717) is 6.54 Å². The molecule has 0 atom stereocenters. The summed E-state index contributed by atoms with van der Waals surface area (Å²) in [6.07, 6.45) is 1.65. The summed E-state index contributed by atoms with van der Waals surface area (Å²) in [5.41, 5.74) is 3.24. The molecule has 2 aromatic carbocycles. The van der Waals surface area contributed by atoms with Gasteiger partial charge >= 0.3 is 0 Å². The summed E-state index contributed by atoms with van der Waals surface area (Å²) in [6, 6.07) is 14.0. The molecule has 0 aliphatic heterocycles. The Morgan fingerprint density at radius 2 is 1.80 bits per heavy atom. The number of carbonyl (C=O) groups is 1. The number of nitrogens with two attached hydrogens (primary N) is 1. The number of benzene rings is 2. The molecule has 1 amide bonds. The smallest absolute Gasteiger partial charge is 0.238 e. The van der Waals surface area contributed by atoms with E-state index in [1.54, 1.807) is 36.2 Å². The summed E-state index contributed by atoms with van der Waals surface area (Å²) >= 11 is 0. The molecule has 0 aliphatic rings. The van der Waals surface area contributed by atoms with Crippen molar-refractivity contribution in [1.82, 2.24) is 15.1 Å². The molecule has 0 radical (unpaired) electrons. The van der Waals surface area contributed by atoms with E-state index in [0.717, 1.165) is 35.4 Å². The number of primary sulfonamides is 1. The lowest BCUT2D eigenvalue weighted by molar-refractivity contribution is -0.129. The van der Waals surface area contributed by atoms with Gasteiger partial charge in [-0.25, -0.2) is 17.9 Å². The number of sulfonamides is 1. The lowest BCUT2D eigenvalue weighted by Gasteiger charge is -2.17. The van der Waals surface area contributed by atoms with Crippen LogP contribution in [0.4, 0.5) is 4.39 Å². The second-order valence-electron chi connectivity index (χ2n) is 7.07. The number of nitrogens with one attached hydrogen (secondary N) is 1. The van der Waals surface area contributed by atoms with Crippen LogP contribution < -0.4 is 5.14 Å². The van der Waals surface area contributed by atoms with Gasteiger partial charge in [0.15, 0.2) is 0 Å². The Balaban J connectivity index is 1.48. The molecular weight excluding hydrogens is 407 g/mol. The van der Waals surface area contributed by atoms with Crippen molar-refractivity contribution in [1.29, 1.82) is 0 Å². The Kier molecular flexibility index (Phi) is 6.63. The highest BCUT2D eigenvalue weighted by Crippen LogP contribution is 2.18. The predicted molar refractivity (Wildman–Crippen MR) is 111 cm³/mol. The van der Waals surface area contributed by atoms with Crippen LogP contribution in [-0.2, 0) is 27.7 Å². The molecule has 1 aromatic heterocycles. The van der Waals surface area contributed by atoms with Crippen molar-refractivity contribution in [3.8, 4) is 11.3 Å². The maximum atomic E-state index is 13.0. The SMILES string of the molecule is CN(CCCc1cc(-c2ccc(F)cc2)n[nH]1)C(=O)Cc1ccc(S(N)(=O)=O)cc1. The van der Waals surface area contributed by atoms with E-state index in [4.69, 9.17) is 5.14 Å². The molecule has 7 nitrogen and oxygen atoms in total. The number of rotatable bonds is 8. The standard InChI is InChI=1S/C21H23FN4O3S/c1-26(21(27)13-15-4-10-19(11-5-15)30(23,28)29)12-2-3-18-14-20(25-24-18)16-6-8-17(22)9-7-16/h4-11,14H,2-3,12-13H2,1H3,(H,24,25)(H2,23,28,29). The first kappa shape index (κ1) is 21.7. The number of H-pyrrole nitrogens is 1. The van der Waals surface area contributed by atoms with Crippen LogP contribution in [0.1, 0.15) is 17.7 Å². The molecule has 0 bridgehead atoms. The molecule has 0 fully saturated rings. The minimum Gasteiger partial charge on any atom is -0.345 e. The summed E-state index contributed by atoms with van der Waals surface area (Å²) in [7, 11) is -2.01. The topological polar surface area (TPSA) is 109 Å². The Morgan fingerprint density at radius 1 is 1.13 bits per heavy atom. The number of halogens is 1. The molecule has 3 aromatic rings. The van der Waals surface area contributed by atoms with E-state index < -0.39 is 10.0 Å². The van der Waals surface area contributed by atoms with Gasteiger partial charge in [0.25, 0.3) is 0 Å². The zero-order valence-corrected chi connectivity index (χ0v) is 17.3. The minimum absolute atomic E-state index is 0.0200. The number of aromatic nitrogens is 2. The summed E-state index contributed by atoms with van der Waals surface area (Å²) in [6.45, 7) is 0.568. The quantitative estimate of drug-likeness (QED) is 0.572. The average Bonchev–Trinajstić information content (AvgIpc) is 3.17. The lowest BCUT2D eigenvalue weighted by Crippen LogP contribution is -2.29. The van der Waals surface area contributed by atoms with Crippen LogP contribution in [-0.4, -0.2) is 43.0 Å². The van der Waals surface area contributed by atoms with Crippen molar-refractivity contribution in [3.63, 3.8) is 0 Å². The largest absolute Gasteiger partial charge is 0.345 e. The zero-order chi connectivity index (χ0) is 21.7. The van der Waals surface area contributed by atoms with Crippen molar-refractivity contribution >= 4 is 15.9 Å². The third kappa shape index (κ3) is 5.74. The summed E-state index contributed by atoms with van der Waals surface area (Å²) in [5.74, 6) is -0.350. The molecule has 0 unspecified atom stereocenters. The molecule has 0 spiro atoms. The van der Waals surface area contributed by atoms with E-state index in [1.807, 2.05) is 6.07 Å². The fourth-order valence-electron chi connectivity index (χ4n) is 3.00. The second-order valence-corrected chi connectivity index (χ2v) is 8.63. The van der Waals surface area contributed by atoms with Gasteiger partial charge in [0.05, 0.1) is 17.0 Å². The number of nitrogens with zero attached hydrogens (tertiary/aromatic N) is 2. The van der Waals surface area contributed by atoms with Crippen LogP contribution in [0.2, 0.25) is 0 Å². The predicted octanol–water partition coefficient (Wildman–Crippen LogP) is 2.50. The number of hydrogen-bond acceptors (Lipinski definition) is 4. The number of carbonyl (C=O) groups excluding carboxylic acids is 1. The normalized spacial score (nSPS) is 11.4. The van der Waals surface area contributed by atoms with Crippen LogP contribution in [0.15, 0.2) is 59.5 Å². The first-order chi connectivity index (χ1) is 14.2. The van der Waals surface area contributed by atoms with E-state index in [9.17, 15) is 17.6 Å². The monoisotopic (exact) mass is 430 g/mol. The molecule has 9 heteroatoms. The molecule has 158 valence electrons. The van der Waals surface area contributed by atoms with Crippen molar-refractivity contribution in [2.45, 2.75) is 24.2 Å². The van der Waals surface area contributed by atoms with Crippen molar-refractivity contribution < 1.29 is 17.6 Å². The van der Waals surface area contributed by atoms with E-state index in [1.165, 1.54) is 24.3 Å². The minimum atomic E-state index is -3.74. The zero-order valence-electron chi connectivity index (χ0n) is 16.5. The molecule has 3 rings (SSSR count). The average molecular weight is 431 g/mol. The fourth-order valence-corrected chi connectivity index (χ4v) is 3.51. The first-order valence-corrected chi connectivity index (χ1v) is 10.9. The van der Waals surface area contributed by atoms with E-state index >= 15 is 0 Å². The fraction of sp³-hybridized carbons (Fsp3) is 0.238. The highest BCUT2D eigenvalue weighted by molar-refractivity contribution is 7.89. The Hall–Kier alpha value is -3.04. The van der Waals surface area contributed by atoms with Gasteiger partial charge in [-0.3, -0.25) is 9.89 Å². The van der Waals surface area contributed by atoms with Gasteiger partial charge in [0.2, 0.25) is 15.9 Å². The van der Waals surface area contributed by atoms with Gasteiger partial charge in [-0.1, -0.05) is 12.1 Å². The number of aryl methyl sites for hydroxylation is 1. The molecule has 0 aliphatic carbocycles. The third-order valence-electron chi connectivity index (χ3n) is 4.74. The number of hydrogen-bond donors (Lipinski definition) is 2. The highest BCUT2D eigenvalue weighted by atomic mass is 32.2. The van der Waals surface area contributed by atoms with Gasteiger partial charge in [0, 0.05) is 24.8 Å². The van der Waals surface area contributed by atoms with Crippen LogP contribution >= 0.6 is 0 Å². The molecular formula is C21H23FN4O3S. The van der Waals surface area contributed by atoms with Gasteiger partial charge < -0.3 is 4.90 Å². The van der Waals surface area contributed by atoms with E-state index in [2.05, 4.69) is 10.2 Å². The maximum absolute atomic E-state index is 13.0. The molecule has 0 saturated carbocycles. The van der Waals surface area contributed by atoms with Gasteiger partial charge in [-0.05, 0) is 60.9 Å². The summed E-state index contributed by atoms with van der Waals surface area (Å²) < 4.78 is 35.6.